The number of amides is 1. The number of aryl methyl sites for hydroxylation is 1. The Morgan fingerprint density at radius 2 is 2.08 bits per heavy atom. The summed E-state index contributed by atoms with van der Waals surface area (Å²) in [5.74, 6) is -0.915. The highest BCUT2D eigenvalue weighted by atomic mass is 35.5. The summed E-state index contributed by atoms with van der Waals surface area (Å²) in [6.45, 7) is 1.91. The number of halogens is 3. The Hall–Kier alpha value is -2.09. The Balaban J connectivity index is 1.68. The van der Waals surface area contributed by atoms with E-state index in [2.05, 4.69) is 15.5 Å². The number of thioether (sulfide) groups is 1. The Kier molecular flexibility index (Phi) is 5.80. The van der Waals surface area contributed by atoms with Gasteiger partial charge in [-0.15, -0.1) is 10.2 Å². The lowest BCUT2D eigenvalue weighted by Crippen LogP contribution is -2.15. The fourth-order valence-electron chi connectivity index (χ4n) is 2.14. The van der Waals surface area contributed by atoms with Crippen LogP contribution in [-0.2, 0) is 4.79 Å². The first-order valence-corrected chi connectivity index (χ1v) is 9.22. The monoisotopic (exact) mass is 410 g/mol. The van der Waals surface area contributed by atoms with Gasteiger partial charge in [-0.2, -0.15) is 0 Å². The standard InChI is InChI=1S/C17H13Cl2FN4OS/c1-10-2-4-12(7-13(10)19)24-9-21-23-17(24)26-8-16(25)22-15-5-3-11(18)6-14(15)20/h2-7,9H,8H2,1H3,(H,22,25). The summed E-state index contributed by atoms with van der Waals surface area (Å²) < 4.78 is 15.5. The van der Waals surface area contributed by atoms with Crippen molar-refractivity contribution in [1.82, 2.24) is 14.8 Å². The molecule has 0 bridgehead atoms. The molecule has 1 amide bonds. The van der Waals surface area contributed by atoms with Gasteiger partial charge < -0.3 is 5.32 Å². The van der Waals surface area contributed by atoms with Crippen LogP contribution >= 0.6 is 35.0 Å². The summed E-state index contributed by atoms with van der Waals surface area (Å²) in [6.07, 6.45) is 1.54. The molecule has 0 radical (unpaired) electrons. The van der Waals surface area contributed by atoms with E-state index in [1.165, 1.54) is 23.9 Å². The summed E-state index contributed by atoms with van der Waals surface area (Å²) in [5.41, 5.74) is 1.83. The number of carbonyl (C=O) groups is 1. The van der Waals surface area contributed by atoms with Crippen molar-refractivity contribution in [3.63, 3.8) is 0 Å². The molecule has 0 saturated heterocycles. The van der Waals surface area contributed by atoms with Crippen LogP contribution in [-0.4, -0.2) is 26.4 Å². The fraction of sp³-hybridized carbons (Fsp3) is 0.118. The maximum absolute atomic E-state index is 13.7. The van der Waals surface area contributed by atoms with Gasteiger partial charge in [-0.05, 0) is 42.8 Å². The fourth-order valence-corrected chi connectivity index (χ4v) is 3.20. The predicted molar refractivity (Wildman–Crippen MR) is 102 cm³/mol. The molecule has 9 heteroatoms. The maximum atomic E-state index is 13.7. The minimum absolute atomic E-state index is 0.0420. The number of rotatable bonds is 5. The number of nitrogens with zero attached hydrogens (tertiary/aromatic N) is 3. The molecule has 2 aromatic carbocycles. The van der Waals surface area contributed by atoms with Crippen molar-refractivity contribution in [2.75, 3.05) is 11.1 Å². The number of nitrogens with one attached hydrogen (secondary N) is 1. The summed E-state index contributed by atoms with van der Waals surface area (Å²) in [7, 11) is 0. The first kappa shape index (κ1) is 18.7. The smallest absolute Gasteiger partial charge is 0.234 e. The molecule has 1 N–H and O–H groups in total. The van der Waals surface area contributed by atoms with E-state index in [0.717, 1.165) is 17.3 Å². The average Bonchev–Trinajstić information content (AvgIpc) is 3.06. The molecule has 134 valence electrons. The topological polar surface area (TPSA) is 59.8 Å². The van der Waals surface area contributed by atoms with E-state index in [0.29, 0.717) is 10.2 Å². The zero-order chi connectivity index (χ0) is 18.7. The Morgan fingerprint density at radius 1 is 1.27 bits per heavy atom. The van der Waals surface area contributed by atoms with E-state index >= 15 is 0 Å². The molecular weight excluding hydrogens is 398 g/mol. The molecule has 0 aliphatic heterocycles. The third-order valence-electron chi connectivity index (χ3n) is 3.49. The lowest BCUT2D eigenvalue weighted by molar-refractivity contribution is -0.113. The van der Waals surface area contributed by atoms with Gasteiger partial charge in [0, 0.05) is 10.0 Å². The SMILES string of the molecule is Cc1ccc(-n2cnnc2SCC(=O)Nc2ccc(Cl)cc2F)cc1Cl. The summed E-state index contributed by atoms with van der Waals surface area (Å²) in [6, 6.07) is 9.64. The van der Waals surface area contributed by atoms with Crippen molar-refractivity contribution in [3.8, 4) is 5.69 Å². The molecule has 0 aliphatic rings. The average molecular weight is 411 g/mol. The minimum Gasteiger partial charge on any atom is -0.323 e. The van der Waals surface area contributed by atoms with Gasteiger partial charge in [0.25, 0.3) is 0 Å². The maximum Gasteiger partial charge on any atom is 0.234 e. The van der Waals surface area contributed by atoms with Crippen LogP contribution in [0.25, 0.3) is 5.69 Å². The van der Waals surface area contributed by atoms with E-state index in [1.807, 2.05) is 19.1 Å². The Labute approximate surface area is 163 Å². The molecule has 1 heterocycles. The molecule has 3 aromatic rings. The van der Waals surface area contributed by atoms with Crippen molar-refractivity contribution >= 4 is 46.6 Å². The highest BCUT2D eigenvalue weighted by Crippen LogP contribution is 2.24. The van der Waals surface area contributed by atoms with Gasteiger partial charge in [-0.3, -0.25) is 9.36 Å². The largest absolute Gasteiger partial charge is 0.323 e. The van der Waals surface area contributed by atoms with Crippen LogP contribution in [0.15, 0.2) is 47.9 Å². The van der Waals surface area contributed by atoms with Crippen LogP contribution in [0, 0.1) is 12.7 Å². The first-order valence-electron chi connectivity index (χ1n) is 7.48. The van der Waals surface area contributed by atoms with E-state index in [-0.39, 0.29) is 22.4 Å². The van der Waals surface area contributed by atoms with Crippen molar-refractivity contribution < 1.29 is 9.18 Å². The number of aromatic nitrogens is 3. The summed E-state index contributed by atoms with van der Waals surface area (Å²) in [4.78, 5) is 12.1. The summed E-state index contributed by atoms with van der Waals surface area (Å²) >= 11 is 13.0. The predicted octanol–water partition coefficient (Wildman–Crippen LogP) is 4.75. The normalized spacial score (nSPS) is 10.8. The van der Waals surface area contributed by atoms with Crippen LogP contribution in [0.5, 0.6) is 0 Å². The molecule has 0 saturated carbocycles. The molecular formula is C17H13Cl2FN4OS. The highest BCUT2D eigenvalue weighted by molar-refractivity contribution is 7.99. The minimum atomic E-state index is -0.590. The molecule has 0 fully saturated rings. The van der Waals surface area contributed by atoms with Crippen molar-refractivity contribution in [3.05, 3.63) is 64.2 Å². The lowest BCUT2D eigenvalue weighted by Gasteiger charge is -2.09. The van der Waals surface area contributed by atoms with Gasteiger partial charge in [0.05, 0.1) is 17.1 Å². The van der Waals surface area contributed by atoms with Crippen molar-refractivity contribution in [2.24, 2.45) is 0 Å². The van der Waals surface area contributed by atoms with E-state index in [4.69, 9.17) is 23.2 Å². The number of hydrogen-bond acceptors (Lipinski definition) is 4. The van der Waals surface area contributed by atoms with Gasteiger partial charge in [0.15, 0.2) is 5.16 Å². The van der Waals surface area contributed by atoms with Gasteiger partial charge in [-0.1, -0.05) is 41.0 Å². The molecule has 1 aromatic heterocycles. The van der Waals surface area contributed by atoms with E-state index in [1.54, 1.807) is 17.0 Å². The van der Waals surface area contributed by atoms with Crippen LogP contribution < -0.4 is 5.32 Å². The number of anilines is 1. The van der Waals surface area contributed by atoms with E-state index in [9.17, 15) is 9.18 Å². The zero-order valence-corrected chi connectivity index (χ0v) is 15.9. The Bertz CT molecular complexity index is 964. The molecule has 26 heavy (non-hydrogen) atoms. The van der Waals surface area contributed by atoms with Crippen LogP contribution in [0.2, 0.25) is 10.0 Å². The number of carbonyl (C=O) groups excluding carboxylic acids is 1. The van der Waals surface area contributed by atoms with Gasteiger partial charge in [0.1, 0.15) is 12.1 Å². The first-order chi connectivity index (χ1) is 12.4. The summed E-state index contributed by atoms with van der Waals surface area (Å²) in [5, 5.41) is 11.8. The van der Waals surface area contributed by atoms with Gasteiger partial charge in [0.2, 0.25) is 5.91 Å². The second kappa shape index (κ2) is 8.07. The molecule has 3 rings (SSSR count). The third kappa shape index (κ3) is 4.35. The van der Waals surface area contributed by atoms with Crippen LogP contribution in [0.1, 0.15) is 5.56 Å². The Morgan fingerprint density at radius 3 is 2.81 bits per heavy atom. The van der Waals surface area contributed by atoms with Gasteiger partial charge >= 0.3 is 0 Å². The van der Waals surface area contributed by atoms with Crippen LogP contribution in [0.3, 0.4) is 0 Å². The number of benzene rings is 2. The van der Waals surface area contributed by atoms with E-state index < -0.39 is 5.82 Å². The molecule has 5 nitrogen and oxygen atoms in total. The molecule has 0 unspecified atom stereocenters. The van der Waals surface area contributed by atoms with Gasteiger partial charge in [-0.25, -0.2) is 4.39 Å². The third-order valence-corrected chi connectivity index (χ3v) is 5.07. The zero-order valence-electron chi connectivity index (χ0n) is 13.5. The molecule has 0 atom stereocenters. The highest BCUT2D eigenvalue weighted by Gasteiger charge is 2.12. The lowest BCUT2D eigenvalue weighted by atomic mass is 10.2. The van der Waals surface area contributed by atoms with Crippen LogP contribution in [0.4, 0.5) is 10.1 Å². The second-order valence-corrected chi connectivity index (χ2v) is 7.16. The van der Waals surface area contributed by atoms with Crippen molar-refractivity contribution in [2.45, 2.75) is 12.1 Å². The number of hydrogen-bond donors (Lipinski definition) is 1. The van der Waals surface area contributed by atoms with Crippen molar-refractivity contribution in [1.29, 1.82) is 0 Å². The second-order valence-electron chi connectivity index (χ2n) is 5.38. The molecule has 0 spiro atoms. The quantitative estimate of drug-likeness (QED) is 0.616. The molecule has 0 aliphatic carbocycles.